The van der Waals surface area contributed by atoms with Gasteiger partial charge in [0.1, 0.15) is 0 Å². The summed E-state index contributed by atoms with van der Waals surface area (Å²) in [6, 6.07) is 20.6. The second-order valence-electron chi connectivity index (χ2n) is 7.05. The van der Waals surface area contributed by atoms with E-state index in [0.717, 1.165) is 16.7 Å². The molecule has 0 saturated heterocycles. The molecule has 0 saturated carbocycles. The highest BCUT2D eigenvalue weighted by atomic mass is 32.2. The predicted octanol–water partition coefficient (Wildman–Crippen LogP) is 4.60. The van der Waals surface area contributed by atoms with Gasteiger partial charge in [-0.1, -0.05) is 48.0 Å². The zero-order chi connectivity index (χ0) is 21.0. The van der Waals surface area contributed by atoms with Crippen molar-refractivity contribution in [3.8, 4) is 0 Å². The number of para-hydroxylation sites is 1. The Kier molecular flexibility index (Phi) is 6.03. The number of nitrogens with one attached hydrogen (secondary N) is 2. The highest BCUT2D eigenvalue weighted by Gasteiger charge is 2.18. The van der Waals surface area contributed by atoms with Gasteiger partial charge in [-0.15, -0.1) is 0 Å². The van der Waals surface area contributed by atoms with Crippen LogP contribution >= 0.6 is 0 Å². The SMILES string of the molecule is Cc1ccc(C)c([C@@H](C)NC(=O)c2cccc(S(=O)(=O)Nc3ccccc3)c2)c1. The highest BCUT2D eigenvalue weighted by Crippen LogP contribution is 2.21. The monoisotopic (exact) mass is 408 g/mol. The van der Waals surface area contributed by atoms with Gasteiger partial charge in [0.15, 0.2) is 0 Å². The summed E-state index contributed by atoms with van der Waals surface area (Å²) in [5.41, 5.74) is 4.00. The molecule has 6 heteroatoms. The summed E-state index contributed by atoms with van der Waals surface area (Å²) in [5, 5.41) is 2.95. The van der Waals surface area contributed by atoms with Crippen LogP contribution in [0.25, 0.3) is 0 Å². The molecule has 0 fully saturated rings. The maximum Gasteiger partial charge on any atom is 0.261 e. The van der Waals surface area contributed by atoms with Crippen LogP contribution in [0, 0.1) is 13.8 Å². The van der Waals surface area contributed by atoms with Gasteiger partial charge in [0.25, 0.3) is 15.9 Å². The first kappa shape index (κ1) is 20.6. The van der Waals surface area contributed by atoms with Gasteiger partial charge in [0.2, 0.25) is 0 Å². The number of hydrogen-bond donors (Lipinski definition) is 2. The van der Waals surface area contributed by atoms with Crippen LogP contribution < -0.4 is 10.0 Å². The number of rotatable bonds is 6. The van der Waals surface area contributed by atoms with Crippen LogP contribution in [0.4, 0.5) is 5.69 Å². The van der Waals surface area contributed by atoms with Crippen molar-refractivity contribution in [1.82, 2.24) is 5.32 Å². The summed E-state index contributed by atoms with van der Waals surface area (Å²) < 4.78 is 27.8. The lowest BCUT2D eigenvalue weighted by molar-refractivity contribution is 0.0939. The van der Waals surface area contributed by atoms with E-state index in [9.17, 15) is 13.2 Å². The normalized spacial score (nSPS) is 12.2. The summed E-state index contributed by atoms with van der Waals surface area (Å²) in [4.78, 5) is 12.8. The highest BCUT2D eigenvalue weighted by molar-refractivity contribution is 7.92. The van der Waals surface area contributed by atoms with Crippen molar-refractivity contribution >= 4 is 21.6 Å². The first-order chi connectivity index (χ1) is 13.8. The summed E-state index contributed by atoms with van der Waals surface area (Å²) >= 11 is 0. The minimum Gasteiger partial charge on any atom is -0.346 e. The number of benzene rings is 3. The van der Waals surface area contributed by atoms with Crippen molar-refractivity contribution in [2.75, 3.05) is 4.72 Å². The molecule has 0 heterocycles. The van der Waals surface area contributed by atoms with Crippen molar-refractivity contribution in [3.05, 3.63) is 95.1 Å². The van der Waals surface area contributed by atoms with Crippen molar-refractivity contribution in [2.24, 2.45) is 0 Å². The van der Waals surface area contributed by atoms with E-state index in [1.54, 1.807) is 42.5 Å². The zero-order valence-electron chi connectivity index (χ0n) is 16.6. The van der Waals surface area contributed by atoms with E-state index in [4.69, 9.17) is 0 Å². The van der Waals surface area contributed by atoms with Gasteiger partial charge in [-0.05, 0) is 62.2 Å². The number of amides is 1. The quantitative estimate of drug-likeness (QED) is 0.626. The van der Waals surface area contributed by atoms with Crippen LogP contribution in [0.3, 0.4) is 0 Å². The first-order valence-corrected chi connectivity index (χ1v) is 10.8. The Bertz CT molecular complexity index is 1130. The van der Waals surface area contributed by atoms with E-state index in [-0.39, 0.29) is 22.4 Å². The third-order valence-corrected chi connectivity index (χ3v) is 6.06. The molecule has 2 N–H and O–H groups in total. The van der Waals surface area contributed by atoms with Gasteiger partial charge in [0, 0.05) is 11.3 Å². The molecule has 150 valence electrons. The van der Waals surface area contributed by atoms with E-state index in [1.807, 2.05) is 39.0 Å². The molecule has 3 rings (SSSR count). The summed E-state index contributed by atoms with van der Waals surface area (Å²) in [6.07, 6.45) is 0. The Labute approximate surface area is 171 Å². The molecule has 29 heavy (non-hydrogen) atoms. The third kappa shape index (κ3) is 5.03. The Morgan fingerprint density at radius 2 is 1.62 bits per heavy atom. The number of aryl methyl sites for hydroxylation is 2. The van der Waals surface area contributed by atoms with Crippen LogP contribution in [0.2, 0.25) is 0 Å². The molecular formula is C23H24N2O3S. The molecule has 0 bridgehead atoms. The molecule has 1 atom stereocenters. The van der Waals surface area contributed by atoms with Crippen molar-refractivity contribution in [2.45, 2.75) is 31.7 Å². The second kappa shape index (κ2) is 8.49. The number of sulfonamides is 1. The fraction of sp³-hybridized carbons (Fsp3) is 0.174. The average molecular weight is 409 g/mol. The van der Waals surface area contributed by atoms with E-state index < -0.39 is 10.0 Å². The van der Waals surface area contributed by atoms with Gasteiger partial charge in [-0.25, -0.2) is 8.42 Å². The molecule has 3 aromatic rings. The molecule has 0 aliphatic rings. The lowest BCUT2D eigenvalue weighted by Crippen LogP contribution is -2.27. The standard InChI is InChI=1S/C23H24N2O3S/c1-16-12-13-17(2)22(14-16)18(3)24-23(26)19-8-7-11-21(15-19)29(27,28)25-20-9-5-4-6-10-20/h4-15,18,25H,1-3H3,(H,24,26)/t18-/m1/s1. The smallest absolute Gasteiger partial charge is 0.261 e. The fourth-order valence-corrected chi connectivity index (χ4v) is 4.21. The maximum atomic E-state index is 12.7. The van der Waals surface area contributed by atoms with E-state index in [2.05, 4.69) is 10.0 Å². The molecule has 0 radical (unpaired) electrons. The van der Waals surface area contributed by atoms with Crippen molar-refractivity contribution in [3.63, 3.8) is 0 Å². The molecule has 3 aromatic carbocycles. The van der Waals surface area contributed by atoms with Gasteiger partial charge < -0.3 is 5.32 Å². The number of anilines is 1. The third-order valence-electron chi connectivity index (χ3n) is 4.68. The summed E-state index contributed by atoms with van der Waals surface area (Å²) in [5.74, 6) is -0.324. The second-order valence-corrected chi connectivity index (χ2v) is 8.74. The van der Waals surface area contributed by atoms with E-state index in [1.165, 1.54) is 12.1 Å². The first-order valence-electron chi connectivity index (χ1n) is 9.32. The lowest BCUT2D eigenvalue weighted by atomic mass is 10.00. The number of carbonyl (C=O) groups is 1. The number of carbonyl (C=O) groups excluding carboxylic acids is 1. The molecule has 0 aromatic heterocycles. The van der Waals surface area contributed by atoms with Gasteiger partial charge in [-0.2, -0.15) is 0 Å². The van der Waals surface area contributed by atoms with Crippen molar-refractivity contribution in [1.29, 1.82) is 0 Å². The maximum absolute atomic E-state index is 12.7. The van der Waals surface area contributed by atoms with Crippen LogP contribution in [0.5, 0.6) is 0 Å². The summed E-state index contributed by atoms with van der Waals surface area (Å²) in [6.45, 7) is 5.92. The fourth-order valence-electron chi connectivity index (χ4n) is 3.11. The number of hydrogen-bond acceptors (Lipinski definition) is 3. The van der Waals surface area contributed by atoms with Crippen LogP contribution in [0.15, 0.2) is 77.7 Å². The minimum atomic E-state index is -3.79. The van der Waals surface area contributed by atoms with Crippen LogP contribution in [-0.2, 0) is 10.0 Å². The molecule has 5 nitrogen and oxygen atoms in total. The van der Waals surface area contributed by atoms with Gasteiger partial charge in [-0.3, -0.25) is 9.52 Å². The predicted molar refractivity (Wildman–Crippen MR) is 115 cm³/mol. The van der Waals surface area contributed by atoms with Gasteiger partial charge >= 0.3 is 0 Å². The molecule has 0 aliphatic carbocycles. The Morgan fingerprint density at radius 3 is 2.34 bits per heavy atom. The minimum absolute atomic E-state index is 0.0355. The summed E-state index contributed by atoms with van der Waals surface area (Å²) in [7, 11) is -3.79. The van der Waals surface area contributed by atoms with Crippen molar-refractivity contribution < 1.29 is 13.2 Å². The molecule has 0 spiro atoms. The lowest BCUT2D eigenvalue weighted by Gasteiger charge is -2.18. The van der Waals surface area contributed by atoms with Crippen LogP contribution in [-0.4, -0.2) is 14.3 Å². The molecule has 0 unspecified atom stereocenters. The zero-order valence-corrected chi connectivity index (χ0v) is 17.5. The Hall–Kier alpha value is -3.12. The molecular weight excluding hydrogens is 384 g/mol. The Morgan fingerprint density at radius 1 is 0.897 bits per heavy atom. The average Bonchev–Trinajstić information content (AvgIpc) is 2.70. The molecule has 0 aliphatic heterocycles. The van der Waals surface area contributed by atoms with E-state index in [0.29, 0.717) is 5.69 Å². The molecule has 1 amide bonds. The largest absolute Gasteiger partial charge is 0.346 e. The van der Waals surface area contributed by atoms with E-state index >= 15 is 0 Å². The van der Waals surface area contributed by atoms with Crippen LogP contribution in [0.1, 0.15) is 40.0 Å². The van der Waals surface area contributed by atoms with Gasteiger partial charge in [0.05, 0.1) is 10.9 Å². The Balaban J connectivity index is 1.79. The topological polar surface area (TPSA) is 75.3 Å².